The first-order valence-corrected chi connectivity index (χ1v) is 9.88. The van der Waals surface area contributed by atoms with Gasteiger partial charge < -0.3 is 5.32 Å². The van der Waals surface area contributed by atoms with Crippen molar-refractivity contribution in [3.8, 4) is 0 Å². The molecule has 0 aliphatic carbocycles. The predicted octanol–water partition coefficient (Wildman–Crippen LogP) is 2.54. The molecule has 0 fully saturated rings. The first kappa shape index (κ1) is 17.6. The number of nitrogens with one attached hydrogen (secondary N) is 1. The summed E-state index contributed by atoms with van der Waals surface area (Å²) in [5, 5.41) is 5.72. The number of rotatable bonds is 7. The lowest BCUT2D eigenvalue weighted by Gasteiger charge is -2.10. The van der Waals surface area contributed by atoms with Crippen molar-refractivity contribution in [3.63, 3.8) is 0 Å². The summed E-state index contributed by atoms with van der Waals surface area (Å²) in [6.07, 6.45) is -0.0408. The minimum atomic E-state index is -3.41. The van der Waals surface area contributed by atoms with Crippen molar-refractivity contribution < 1.29 is 13.2 Å². The Kier molecular flexibility index (Phi) is 5.90. The molecule has 1 N–H and O–H groups in total. The summed E-state index contributed by atoms with van der Waals surface area (Å²) in [5.74, 6) is -0.332. The zero-order valence-corrected chi connectivity index (χ0v) is 14.8. The Bertz CT molecular complexity index is 755. The van der Waals surface area contributed by atoms with Gasteiger partial charge in [-0.25, -0.2) is 13.4 Å². The number of carbonyl (C=O) groups is 1. The van der Waals surface area contributed by atoms with E-state index in [4.69, 9.17) is 0 Å². The quantitative estimate of drug-likeness (QED) is 0.831. The molecule has 2 rings (SSSR count). The summed E-state index contributed by atoms with van der Waals surface area (Å²) in [7, 11) is -3.41. The van der Waals surface area contributed by atoms with Crippen LogP contribution in [0.25, 0.3) is 0 Å². The van der Waals surface area contributed by atoms with Crippen molar-refractivity contribution in [2.75, 3.05) is 12.3 Å². The topological polar surface area (TPSA) is 76.1 Å². The van der Waals surface area contributed by atoms with E-state index in [9.17, 15) is 13.2 Å². The first-order chi connectivity index (χ1) is 10.9. The summed E-state index contributed by atoms with van der Waals surface area (Å²) in [4.78, 5) is 16.5. The predicted molar refractivity (Wildman–Crippen MR) is 91.4 cm³/mol. The molecule has 0 spiro atoms. The van der Waals surface area contributed by atoms with Gasteiger partial charge >= 0.3 is 0 Å². The van der Waals surface area contributed by atoms with Crippen LogP contribution in [0.15, 0.2) is 40.6 Å². The van der Waals surface area contributed by atoms with Gasteiger partial charge in [-0.15, -0.1) is 11.3 Å². The molecule has 1 aromatic heterocycles. The molecule has 7 heteroatoms. The molecule has 0 aliphatic rings. The largest absolute Gasteiger partial charge is 0.355 e. The Morgan fingerprint density at radius 1 is 1.30 bits per heavy atom. The number of carbonyl (C=O) groups excluding carboxylic acids is 1. The minimum Gasteiger partial charge on any atom is -0.355 e. The Labute approximate surface area is 140 Å². The lowest BCUT2D eigenvalue weighted by atomic mass is 10.2. The molecule has 23 heavy (non-hydrogen) atoms. The summed E-state index contributed by atoms with van der Waals surface area (Å²) >= 11 is 1.57. The number of hydrogen-bond donors (Lipinski definition) is 1. The van der Waals surface area contributed by atoms with Crippen molar-refractivity contribution in [1.29, 1.82) is 0 Å². The summed E-state index contributed by atoms with van der Waals surface area (Å²) in [5.41, 5.74) is 0.970. The highest BCUT2D eigenvalue weighted by molar-refractivity contribution is 7.91. The van der Waals surface area contributed by atoms with E-state index in [1.165, 1.54) is 0 Å². The number of thiazole rings is 1. The maximum atomic E-state index is 12.1. The number of amides is 1. The van der Waals surface area contributed by atoms with Crippen LogP contribution < -0.4 is 5.32 Å². The molecule has 0 saturated carbocycles. The monoisotopic (exact) mass is 352 g/mol. The SMILES string of the molecule is Cc1csc(C(C)CNC(=O)CCS(=O)(=O)c2ccccc2)n1. The average molecular weight is 352 g/mol. The number of aromatic nitrogens is 1. The smallest absolute Gasteiger partial charge is 0.221 e. The van der Waals surface area contributed by atoms with Gasteiger partial charge in [-0.05, 0) is 19.1 Å². The third kappa shape index (κ3) is 5.14. The van der Waals surface area contributed by atoms with Gasteiger partial charge in [0.15, 0.2) is 9.84 Å². The maximum absolute atomic E-state index is 12.1. The highest BCUT2D eigenvalue weighted by atomic mass is 32.2. The zero-order valence-electron chi connectivity index (χ0n) is 13.2. The van der Waals surface area contributed by atoms with Crippen LogP contribution in [0.1, 0.15) is 30.0 Å². The van der Waals surface area contributed by atoms with E-state index in [1.807, 2.05) is 19.2 Å². The summed E-state index contributed by atoms with van der Waals surface area (Å²) in [6, 6.07) is 8.18. The molecule has 1 aromatic carbocycles. The van der Waals surface area contributed by atoms with Crippen LogP contribution in [0.2, 0.25) is 0 Å². The molecule has 0 bridgehead atoms. The fourth-order valence-electron chi connectivity index (χ4n) is 2.01. The summed E-state index contributed by atoms with van der Waals surface area (Å²) in [6.45, 7) is 4.37. The Balaban J connectivity index is 1.81. The Morgan fingerprint density at radius 2 is 2.00 bits per heavy atom. The lowest BCUT2D eigenvalue weighted by molar-refractivity contribution is -0.120. The van der Waals surface area contributed by atoms with Crippen molar-refractivity contribution in [2.24, 2.45) is 0 Å². The second-order valence-corrected chi connectivity index (χ2v) is 8.41. The van der Waals surface area contributed by atoms with Crippen LogP contribution >= 0.6 is 11.3 Å². The van der Waals surface area contributed by atoms with Gasteiger partial charge in [0.05, 0.1) is 15.7 Å². The van der Waals surface area contributed by atoms with Crippen molar-refractivity contribution in [2.45, 2.75) is 31.1 Å². The third-order valence-electron chi connectivity index (χ3n) is 3.36. The fourth-order valence-corrected chi connectivity index (χ4v) is 4.13. The number of hydrogen-bond acceptors (Lipinski definition) is 5. The maximum Gasteiger partial charge on any atom is 0.221 e. The van der Waals surface area contributed by atoms with E-state index in [1.54, 1.807) is 41.7 Å². The van der Waals surface area contributed by atoms with Crippen LogP contribution in [0.3, 0.4) is 0 Å². The van der Waals surface area contributed by atoms with Crippen LogP contribution in [0.5, 0.6) is 0 Å². The van der Waals surface area contributed by atoms with Crippen molar-refractivity contribution in [3.05, 3.63) is 46.4 Å². The number of nitrogens with zero attached hydrogens (tertiary/aromatic N) is 1. The molecular formula is C16H20N2O3S2. The highest BCUT2D eigenvalue weighted by Gasteiger charge is 2.17. The van der Waals surface area contributed by atoms with E-state index in [-0.39, 0.29) is 28.9 Å². The van der Waals surface area contributed by atoms with Gasteiger partial charge in [0.2, 0.25) is 5.91 Å². The van der Waals surface area contributed by atoms with Crippen molar-refractivity contribution in [1.82, 2.24) is 10.3 Å². The lowest BCUT2D eigenvalue weighted by Crippen LogP contribution is -2.29. The Hall–Kier alpha value is -1.73. The van der Waals surface area contributed by atoms with E-state index >= 15 is 0 Å². The normalized spacial score (nSPS) is 12.8. The van der Waals surface area contributed by atoms with Gasteiger partial charge in [0, 0.05) is 30.0 Å². The van der Waals surface area contributed by atoms with Gasteiger partial charge in [0.25, 0.3) is 0 Å². The molecule has 2 aromatic rings. The molecule has 1 unspecified atom stereocenters. The van der Waals surface area contributed by atoms with Crippen LogP contribution in [0.4, 0.5) is 0 Å². The molecule has 1 atom stereocenters. The van der Waals surface area contributed by atoms with E-state index < -0.39 is 9.84 Å². The number of sulfone groups is 1. The Morgan fingerprint density at radius 3 is 2.61 bits per heavy atom. The third-order valence-corrected chi connectivity index (χ3v) is 6.29. The number of aryl methyl sites for hydroxylation is 1. The van der Waals surface area contributed by atoms with Gasteiger partial charge in [-0.2, -0.15) is 0 Å². The second-order valence-electron chi connectivity index (χ2n) is 5.41. The van der Waals surface area contributed by atoms with Crippen LogP contribution in [0, 0.1) is 6.92 Å². The van der Waals surface area contributed by atoms with Crippen molar-refractivity contribution >= 4 is 27.1 Å². The second kappa shape index (κ2) is 7.70. The van der Waals surface area contributed by atoms with E-state index in [0.29, 0.717) is 6.54 Å². The molecule has 0 saturated heterocycles. The average Bonchev–Trinajstić information content (AvgIpc) is 2.98. The number of benzene rings is 1. The highest BCUT2D eigenvalue weighted by Crippen LogP contribution is 2.19. The van der Waals surface area contributed by atoms with E-state index in [0.717, 1.165) is 10.7 Å². The van der Waals surface area contributed by atoms with E-state index in [2.05, 4.69) is 10.3 Å². The van der Waals surface area contributed by atoms with Gasteiger partial charge in [-0.3, -0.25) is 4.79 Å². The zero-order chi connectivity index (χ0) is 16.9. The molecule has 0 radical (unpaired) electrons. The van der Waals surface area contributed by atoms with Gasteiger partial charge in [0.1, 0.15) is 0 Å². The van der Waals surface area contributed by atoms with Gasteiger partial charge in [-0.1, -0.05) is 25.1 Å². The molecule has 1 amide bonds. The molecule has 5 nitrogen and oxygen atoms in total. The molecular weight excluding hydrogens is 332 g/mol. The standard InChI is InChI=1S/C16H20N2O3S2/c1-12(16-18-13(2)11-22-16)10-17-15(19)8-9-23(20,21)14-6-4-3-5-7-14/h3-7,11-12H,8-10H2,1-2H3,(H,17,19). The fraction of sp³-hybridized carbons (Fsp3) is 0.375. The minimum absolute atomic E-state index is 0.0408. The first-order valence-electron chi connectivity index (χ1n) is 7.35. The molecule has 124 valence electrons. The van der Waals surface area contributed by atoms with Crippen LogP contribution in [-0.2, 0) is 14.6 Å². The molecule has 1 heterocycles. The van der Waals surface area contributed by atoms with Crippen LogP contribution in [-0.4, -0.2) is 31.6 Å². The summed E-state index contributed by atoms with van der Waals surface area (Å²) < 4.78 is 24.2. The molecule has 0 aliphatic heterocycles.